The Labute approximate surface area is 119 Å². The van der Waals surface area contributed by atoms with Gasteiger partial charge in [-0.1, -0.05) is 0 Å². The Bertz CT molecular complexity index is 755. The van der Waals surface area contributed by atoms with E-state index in [9.17, 15) is 17.2 Å². The maximum absolute atomic E-state index is 13.7. The van der Waals surface area contributed by atoms with E-state index in [4.69, 9.17) is 0 Å². The molecule has 0 saturated heterocycles. The predicted octanol–water partition coefficient (Wildman–Crippen LogP) is 2.77. The molecule has 0 radical (unpaired) electrons. The van der Waals surface area contributed by atoms with Gasteiger partial charge < -0.3 is 0 Å². The molecule has 2 aromatic rings. The summed E-state index contributed by atoms with van der Waals surface area (Å²) in [4.78, 5) is 0.548. The topological polar surface area (TPSA) is 37.4 Å². The zero-order chi connectivity index (χ0) is 14.3. The van der Waals surface area contributed by atoms with Crippen molar-refractivity contribution in [1.82, 2.24) is 4.31 Å². The Balaban J connectivity index is 1.99. The summed E-state index contributed by atoms with van der Waals surface area (Å²) in [5.41, 5.74) is 0.932. The number of rotatable bonds is 2. The summed E-state index contributed by atoms with van der Waals surface area (Å²) in [6.07, 6.45) is 0.600. The number of thiophene rings is 1. The zero-order valence-electron chi connectivity index (χ0n) is 10.3. The molecule has 0 aliphatic carbocycles. The van der Waals surface area contributed by atoms with E-state index in [0.29, 0.717) is 6.42 Å². The highest BCUT2D eigenvalue weighted by atomic mass is 32.2. The van der Waals surface area contributed by atoms with E-state index < -0.39 is 26.6 Å². The first-order chi connectivity index (χ1) is 9.48. The van der Waals surface area contributed by atoms with Crippen LogP contribution >= 0.6 is 11.3 Å². The monoisotopic (exact) mass is 315 g/mol. The van der Waals surface area contributed by atoms with Crippen LogP contribution in [0.4, 0.5) is 8.78 Å². The molecule has 0 unspecified atom stereocenters. The van der Waals surface area contributed by atoms with Gasteiger partial charge >= 0.3 is 0 Å². The van der Waals surface area contributed by atoms with Crippen LogP contribution in [0.3, 0.4) is 0 Å². The fraction of sp³-hybridized carbons (Fsp3) is 0.231. The van der Waals surface area contributed by atoms with Crippen LogP contribution in [0.2, 0.25) is 0 Å². The molecule has 0 N–H and O–H groups in total. The highest BCUT2D eigenvalue weighted by Gasteiger charge is 2.31. The lowest BCUT2D eigenvalue weighted by molar-refractivity contribution is 0.390. The SMILES string of the molecule is O=S(=O)(c1cc(F)ccc1F)N1CCc2sccc2C1. The van der Waals surface area contributed by atoms with Gasteiger partial charge in [-0.2, -0.15) is 4.31 Å². The third-order valence-electron chi connectivity index (χ3n) is 3.28. The maximum atomic E-state index is 13.7. The number of benzene rings is 1. The van der Waals surface area contributed by atoms with Crippen LogP contribution in [0.15, 0.2) is 34.5 Å². The molecule has 1 aromatic heterocycles. The molecule has 1 aliphatic heterocycles. The van der Waals surface area contributed by atoms with Crippen LogP contribution in [0.5, 0.6) is 0 Å². The molecule has 7 heteroatoms. The Hall–Kier alpha value is -1.31. The first kappa shape index (κ1) is 13.7. The number of hydrogen-bond donors (Lipinski definition) is 0. The van der Waals surface area contributed by atoms with Crippen molar-refractivity contribution < 1.29 is 17.2 Å². The van der Waals surface area contributed by atoms with Gasteiger partial charge in [-0.25, -0.2) is 17.2 Å². The number of nitrogens with zero attached hydrogens (tertiary/aromatic N) is 1. The minimum Gasteiger partial charge on any atom is -0.207 e. The highest BCUT2D eigenvalue weighted by Crippen LogP contribution is 2.29. The maximum Gasteiger partial charge on any atom is 0.246 e. The van der Waals surface area contributed by atoms with Crippen molar-refractivity contribution >= 4 is 21.4 Å². The summed E-state index contributed by atoms with van der Waals surface area (Å²) in [6, 6.07) is 4.33. The van der Waals surface area contributed by atoms with E-state index in [2.05, 4.69) is 0 Å². The van der Waals surface area contributed by atoms with Gasteiger partial charge in [0.25, 0.3) is 0 Å². The third kappa shape index (κ3) is 2.25. The summed E-state index contributed by atoms with van der Waals surface area (Å²) < 4.78 is 52.9. The molecule has 1 aromatic carbocycles. The molecular formula is C13H11F2NO2S2. The number of sulfonamides is 1. The lowest BCUT2D eigenvalue weighted by atomic mass is 10.1. The molecule has 0 spiro atoms. The largest absolute Gasteiger partial charge is 0.246 e. The Morgan fingerprint density at radius 1 is 1.20 bits per heavy atom. The van der Waals surface area contributed by atoms with E-state index in [0.717, 1.165) is 28.6 Å². The first-order valence-corrected chi connectivity index (χ1v) is 8.31. The van der Waals surface area contributed by atoms with E-state index in [1.165, 1.54) is 4.31 Å². The van der Waals surface area contributed by atoms with Gasteiger partial charge in [0, 0.05) is 18.0 Å². The molecule has 0 amide bonds. The van der Waals surface area contributed by atoms with Crippen molar-refractivity contribution in [3.63, 3.8) is 0 Å². The molecule has 1 aliphatic rings. The molecule has 20 heavy (non-hydrogen) atoms. The van der Waals surface area contributed by atoms with Gasteiger partial charge in [0.2, 0.25) is 10.0 Å². The fourth-order valence-corrected chi connectivity index (χ4v) is 4.63. The minimum absolute atomic E-state index is 0.205. The van der Waals surface area contributed by atoms with E-state index in [1.807, 2.05) is 11.4 Å². The lowest BCUT2D eigenvalue weighted by Crippen LogP contribution is -2.35. The van der Waals surface area contributed by atoms with Crippen LogP contribution in [0, 0.1) is 11.6 Å². The van der Waals surface area contributed by atoms with Crippen LogP contribution in [0.25, 0.3) is 0 Å². The van der Waals surface area contributed by atoms with Crippen LogP contribution < -0.4 is 0 Å². The smallest absolute Gasteiger partial charge is 0.207 e. The van der Waals surface area contributed by atoms with Gasteiger partial charge in [0.15, 0.2) is 0 Å². The van der Waals surface area contributed by atoms with Crippen LogP contribution in [0.1, 0.15) is 10.4 Å². The van der Waals surface area contributed by atoms with Gasteiger partial charge in [-0.05, 0) is 41.6 Å². The first-order valence-electron chi connectivity index (χ1n) is 5.99. The molecule has 3 nitrogen and oxygen atoms in total. The molecule has 0 saturated carbocycles. The second-order valence-corrected chi connectivity index (χ2v) is 7.44. The standard InChI is InChI=1S/C13H11F2NO2S2/c14-10-1-2-11(15)13(7-10)20(17,18)16-5-3-12-9(8-16)4-6-19-12/h1-2,4,6-7H,3,5,8H2. The summed E-state index contributed by atoms with van der Waals surface area (Å²) in [5.74, 6) is -1.69. The van der Waals surface area contributed by atoms with Gasteiger partial charge in [0.05, 0.1) is 0 Å². The Kier molecular flexibility index (Phi) is 3.35. The van der Waals surface area contributed by atoms with E-state index in [1.54, 1.807) is 11.3 Å². The molecule has 106 valence electrons. The summed E-state index contributed by atoms with van der Waals surface area (Å²) in [7, 11) is -4.01. The molecule has 3 rings (SSSR count). The van der Waals surface area contributed by atoms with Crippen LogP contribution in [-0.4, -0.2) is 19.3 Å². The lowest BCUT2D eigenvalue weighted by Gasteiger charge is -2.26. The average Bonchev–Trinajstić information content (AvgIpc) is 2.88. The summed E-state index contributed by atoms with van der Waals surface area (Å²) in [5, 5.41) is 1.91. The van der Waals surface area contributed by atoms with Crippen LogP contribution in [-0.2, 0) is 23.0 Å². The van der Waals surface area contributed by atoms with Crippen molar-refractivity contribution in [2.24, 2.45) is 0 Å². The van der Waals surface area contributed by atoms with Crippen molar-refractivity contribution in [3.8, 4) is 0 Å². The Morgan fingerprint density at radius 3 is 2.80 bits per heavy atom. The van der Waals surface area contributed by atoms with Crippen molar-refractivity contribution in [1.29, 1.82) is 0 Å². The molecule has 0 bridgehead atoms. The number of halogens is 2. The van der Waals surface area contributed by atoms with Crippen molar-refractivity contribution in [2.75, 3.05) is 6.54 Å². The second kappa shape index (κ2) is 4.91. The van der Waals surface area contributed by atoms with Crippen molar-refractivity contribution in [3.05, 3.63) is 51.7 Å². The highest BCUT2D eigenvalue weighted by molar-refractivity contribution is 7.89. The molecule has 2 heterocycles. The zero-order valence-corrected chi connectivity index (χ0v) is 12.0. The quantitative estimate of drug-likeness (QED) is 0.854. The number of fused-ring (bicyclic) bond motifs is 1. The molecular weight excluding hydrogens is 304 g/mol. The fourth-order valence-electron chi connectivity index (χ4n) is 2.24. The predicted molar refractivity (Wildman–Crippen MR) is 72.0 cm³/mol. The second-order valence-electron chi connectivity index (χ2n) is 4.53. The van der Waals surface area contributed by atoms with E-state index >= 15 is 0 Å². The normalized spacial score (nSPS) is 16.1. The number of hydrogen-bond acceptors (Lipinski definition) is 3. The third-order valence-corrected chi connectivity index (χ3v) is 6.17. The van der Waals surface area contributed by atoms with Gasteiger partial charge in [0.1, 0.15) is 16.5 Å². The van der Waals surface area contributed by atoms with Gasteiger partial charge in [-0.3, -0.25) is 0 Å². The van der Waals surface area contributed by atoms with Crippen molar-refractivity contribution in [2.45, 2.75) is 17.9 Å². The van der Waals surface area contributed by atoms with Gasteiger partial charge in [-0.15, -0.1) is 11.3 Å². The Morgan fingerprint density at radius 2 is 2.00 bits per heavy atom. The molecule has 0 atom stereocenters. The summed E-state index contributed by atoms with van der Waals surface area (Å²) in [6.45, 7) is 0.489. The minimum atomic E-state index is -4.01. The average molecular weight is 315 g/mol. The van der Waals surface area contributed by atoms with E-state index in [-0.39, 0.29) is 13.1 Å². The molecule has 0 fully saturated rings. The summed E-state index contributed by atoms with van der Waals surface area (Å²) >= 11 is 1.58.